The molecule has 3 aromatic rings. The Kier molecular flexibility index (Phi) is 5.06. The Labute approximate surface area is 152 Å². The number of hydrogen-bond donors (Lipinski definition) is 2. The number of amides is 1. The van der Waals surface area contributed by atoms with Gasteiger partial charge in [-0.15, -0.1) is 0 Å². The van der Waals surface area contributed by atoms with Gasteiger partial charge in [0, 0.05) is 38.8 Å². The largest absolute Gasteiger partial charge is 0.457 e. The van der Waals surface area contributed by atoms with Crippen molar-refractivity contribution in [3.8, 4) is 11.5 Å². The molecule has 7 heteroatoms. The second kappa shape index (κ2) is 7.43. The van der Waals surface area contributed by atoms with Gasteiger partial charge in [0.05, 0.1) is 11.0 Å². The van der Waals surface area contributed by atoms with Crippen LogP contribution >= 0.6 is 0 Å². The monoisotopic (exact) mass is 353 g/mol. The number of nitrogens with zero attached hydrogens (tertiary/aromatic N) is 3. The van der Waals surface area contributed by atoms with E-state index in [0.717, 1.165) is 23.5 Å². The summed E-state index contributed by atoms with van der Waals surface area (Å²) < 4.78 is 7.93. The number of imidazole rings is 1. The number of benzene rings is 1. The maximum absolute atomic E-state index is 11.2. The summed E-state index contributed by atoms with van der Waals surface area (Å²) in [7, 11) is 1.99. The van der Waals surface area contributed by atoms with Crippen molar-refractivity contribution in [3.05, 3.63) is 36.5 Å². The van der Waals surface area contributed by atoms with Gasteiger partial charge in [-0.3, -0.25) is 4.79 Å². The van der Waals surface area contributed by atoms with E-state index in [1.165, 1.54) is 6.92 Å². The Balaban J connectivity index is 1.82. The van der Waals surface area contributed by atoms with Gasteiger partial charge in [-0.25, -0.2) is 9.97 Å². The minimum atomic E-state index is -0.175. The number of ether oxygens (including phenoxy) is 1. The van der Waals surface area contributed by atoms with Crippen LogP contribution in [0.2, 0.25) is 0 Å². The number of rotatable bonds is 6. The molecule has 0 fully saturated rings. The number of hydrogen-bond acceptors (Lipinski definition) is 5. The molecule has 0 unspecified atom stereocenters. The van der Waals surface area contributed by atoms with Crippen LogP contribution < -0.4 is 15.4 Å². The normalized spacial score (nSPS) is 11.0. The Hall–Kier alpha value is -3.09. The molecule has 0 bridgehead atoms. The standard InChI is InChI=1S/C19H23N5O2/c1-12(2)11-21-19-23-16-9-14(5-6-17(16)24(19)4)26-15-7-8-20-18(10-15)22-13(3)25/h5-10,12H,11H2,1-4H3,(H,21,23)(H,20,22,25). The van der Waals surface area contributed by atoms with Gasteiger partial charge >= 0.3 is 0 Å². The SMILES string of the molecule is CC(=O)Nc1cc(Oc2ccc3c(c2)nc(NCC(C)C)n3C)ccn1. The molecular formula is C19H23N5O2. The van der Waals surface area contributed by atoms with Gasteiger partial charge in [-0.1, -0.05) is 13.8 Å². The van der Waals surface area contributed by atoms with E-state index >= 15 is 0 Å². The van der Waals surface area contributed by atoms with Gasteiger partial charge < -0.3 is 19.9 Å². The van der Waals surface area contributed by atoms with E-state index < -0.39 is 0 Å². The Bertz CT molecular complexity index is 933. The Morgan fingerprint density at radius 2 is 2.00 bits per heavy atom. The van der Waals surface area contributed by atoms with E-state index in [1.54, 1.807) is 18.3 Å². The number of pyridine rings is 1. The van der Waals surface area contributed by atoms with Crippen molar-refractivity contribution in [1.82, 2.24) is 14.5 Å². The highest BCUT2D eigenvalue weighted by atomic mass is 16.5. The molecule has 0 aliphatic rings. The first-order valence-electron chi connectivity index (χ1n) is 8.54. The lowest BCUT2D eigenvalue weighted by Gasteiger charge is -2.08. The molecule has 2 heterocycles. The summed E-state index contributed by atoms with van der Waals surface area (Å²) in [5, 5.41) is 6.00. The minimum Gasteiger partial charge on any atom is -0.457 e. The maximum atomic E-state index is 11.2. The zero-order chi connectivity index (χ0) is 18.7. The first-order valence-corrected chi connectivity index (χ1v) is 8.54. The average molecular weight is 353 g/mol. The number of aromatic nitrogens is 3. The molecule has 2 N–H and O–H groups in total. The molecular weight excluding hydrogens is 330 g/mol. The quantitative estimate of drug-likeness (QED) is 0.705. The molecule has 0 aliphatic heterocycles. The van der Waals surface area contributed by atoms with Gasteiger partial charge in [0.15, 0.2) is 0 Å². The van der Waals surface area contributed by atoms with Crippen molar-refractivity contribution in [2.75, 3.05) is 17.2 Å². The summed E-state index contributed by atoms with van der Waals surface area (Å²) in [6, 6.07) is 9.19. The van der Waals surface area contributed by atoms with Crippen LogP contribution in [0.15, 0.2) is 36.5 Å². The summed E-state index contributed by atoms with van der Waals surface area (Å²) in [6.45, 7) is 6.62. The molecule has 0 saturated heterocycles. The lowest BCUT2D eigenvalue weighted by atomic mass is 10.2. The van der Waals surface area contributed by atoms with Crippen LogP contribution in [0.3, 0.4) is 0 Å². The van der Waals surface area contributed by atoms with Gasteiger partial charge in [-0.2, -0.15) is 0 Å². The van der Waals surface area contributed by atoms with Crippen LogP contribution in [0.25, 0.3) is 11.0 Å². The van der Waals surface area contributed by atoms with E-state index in [4.69, 9.17) is 4.74 Å². The molecule has 26 heavy (non-hydrogen) atoms. The Morgan fingerprint density at radius 1 is 1.23 bits per heavy atom. The fraction of sp³-hybridized carbons (Fsp3) is 0.316. The average Bonchev–Trinajstić information content (AvgIpc) is 2.88. The highest BCUT2D eigenvalue weighted by Crippen LogP contribution is 2.27. The lowest BCUT2D eigenvalue weighted by molar-refractivity contribution is -0.114. The smallest absolute Gasteiger partial charge is 0.222 e. The predicted molar refractivity (Wildman–Crippen MR) is 103 cm³/mol. The highest BCUT2D eigenvalue weighted by Gasteiger charge is 2.10. The summed E-state index contributed by atoms with van der Waals surface area (Å²) in [5.74, 6) is 2.92. The van der Waals surface area contributed by atoms with E-state index in [-0.39, 0.29) is 5.91 Å². The molecule has 0 radical (unpaired) electrons. The zero-order valence-electron chi connectivity index (χ0n) is 15.4. The number of nitrogens with one attached hydrogen (secondary N) is 2. The first-order chi connectivity index (χ1) is 12.4. The van der Waals surface area contributed by atoms with Crippen LogP contribution in [0.5, 0.6) is 11.5 Å². The molecule has 0 saturated carbocycles. The molecule has 136 valence electrons. The van der Waals surface area contributed by atoms with Crippen LogP contribution in [-0.2, 0) is 11.8 Å². The lowest BCUT2D eigenvalue weighted by Crippen LogP contribution is -2.11. The molecule has 3 rings (SSSR count). The topological polar surface area (TPSA) is 81.1 Å². The minimum absolute atomic E-state index is 0.175. The van der Waals surface area contributed by atoms with Crippen LogP contribution in [0.1, 0.15) is 20.8 Å². The third-order valence-electron chi connectivity index (χ3n) is 3.79. The Morgan fingerprint density at radius 3 is 2.73 bits per heavy atom. The molecule has 0 atom stereocenters. The molecule has 1 aromatic carbocycles. The molecule has 2 aromatic heterocycles. The molecule has 7 nitrogen and oxygen atoms in total. The fourth-order valence-corrected chi connectivity index (χ4v) is 2.56. The third-order valence-corrected chi connectivity index (χ3v) is 3.79. The summed E-state index contributed by atoms with van der Waals surface area (Å²) in [4.78, 5) is 19.9. The van der Waals surface area contributed by atoms with E-state index in [9.17, 15) is 4.79 Å². The fourth-order valence-electron chi connectivity index (χ4n) is 2.56. The first kappa shape index (κ1) is 17.7. The van der Waals surface area contributed by atoms with Gasteiger partial charge in [0.25, 0.3) is 0 Å². The van der Waals surface area contributed by atoms with Gasteiger partial charge in [0.2, 0.25) is 11.9 Å². The van der Waals surface area contributed by atoms with E-state index in [0.29, 0.717) is 23.2 Å². The van der Waals surface area contributed by atoms with Crippen molar-refractivity contribution in [3.63, 3.8) is 0 Å². The van der Waals surface area contributed by atoms with Crippen molar-refractivity contribution < 1.29 is 9.53 Å². The summed E-state index contributed by atoms with van der Waals surface area (Å²) >= 11 is 0. The number of carbonyl (C=O) groups is 1. The van der Waals surface area contributed by atoms with Crippen molar-refractivity contribution in [1.29, 1.82) is 0 Å². The summed E-state index contributed by atoms with van der Waals surface area (Å²) in [5.41, 5.74) is 1.88. The van der Waals surface area contributed by atoms with Crippen LogP contribution in [0, 0.1) is 5.92 Å². The third kappa shape index (κ3) is 4.11. The highest BCUT2D eigenvalue weighted by molar-refractivity contribution is 5.87. The number of anilines is 2. The molecule has 0 aliphatic carbocycles. The van der Waals surface area contributed by atoms with Crippen molar-refractivity contribution >= 4 is 28.7 Å². The van der Waals surface area contributed by atoms with Crippen LogP contribution in [0.4, 0.5) is 11.8 Å². The second-order valence-electron chi connectivity index (χ2n) is 6.58. The zero-order valence-corrected chi connectivity index (χ0v) is 15.4. The molecule has 0 spiro atoms. The van der Waals surface area contributed by atoms with E-state index in [1.807, 2.05) is 29.8 Å². The van der Waals surface area contributed by atoms with Gasteiger partial charge in [0.1, 0.15) is 17.3 Å². The summed E-state index contributed by atoms with van der Waals surface area (Å²) in [6.07, 6.45) is 1.59. The maximum Gasteiger partial charge on any atom is 0.222 e. The number of fused-ring (bicyclic) bond motifs is 1. The van der Waals surface area contributed by atoms with Crippen molar-refractivity contribution in [2.24, 2.45) is 13.0 Å². The number of aryl methyl sites for hydroxylation is 1. The number of carbonyl (C=O) groups excluding carboxylic acids is 1. The van der Waals surface area contributed by atoms with Crippen LogP contribution in [-0.4, -0.2) is 27.0 Å². The van der Waals surface area contributed by atoms with Crippen molar-refractivity contribution in [2.45, 2.75) is 20.8 Å². The second-order valence-corrected chi connectivity index (χ2v) is 6.58. The van der Waals surface area contributed by atoms with E-state index in [2.05, 4.69) is 34.4 Å². The molecule has 1 amide bonds. The van der Waals surface area contributed by atoms with Gasteiger partial charge in [-0.05, 0) is 24.1 Å². The predicted octanol–water partition coefficient (Wildman–Crippen LogP) is 3.79.